The van der Waals surface area contributed by atoms with Gasteiger partial charge in [-0.1, -0.05) is 0 Å². The van der Waals surface area contributed by atoms with E-state index in [0.717, 1.165) is 43.7 Å². The van der Waals surface area contributed by atoms with Crippen LogP contribution in [0, 0.1) is 13.8 Å². The molecule has 4 rings (SSSR count). The van der Waals surface area contributed by atoms with Gasteiger partial charge in [-0.2, -0.15) is 0 Å². The van der Waals surface area contributed by atoms with Gasteiger partial charge >= 0.3 is 202 Å². The molecule has 0 aliphatic rings. The molecule has 0 amide bonds. The SMILES string of the molecule is Cc1cc([S][Sn]([Cl])([Cl])[S]c2cc(C)cc(-c3ccccc3)n2)nc(-c2ccccc2)c1. The zero-order chi connectivity index (χ0) is 21.8. The van der Waals surface area contributed by atoms with Crippen LogP contribution in [0.2, 0.25) is 0 Å². The number of pyridine rings is 2. The van der Waals surface area contributed by atoms with Gasteiger partial charge in [-0.25, -0.2) is 0 Å². The van der Waals surface area contributed by atoms with Crippen LogP contribution >= 0.6 is 35.7 Å². The van der Waals surface area contributed by atoms with Crippen LogP contribution in [0.1, 0.15) is 11.1 Å². The molecule has 0 fully saturated rings. The molecule has 0 aliphatic carbocycles. The molecule has 2 heterocycles. The second kappa shape index (κ2) is 10.2. The third-order valence-corrected chi connectivity index (χ3v) is 23.0. The summed E-state index contributed by atoms with van der Waals surface area (Å²) in [6.45, 7) is 4.14. The molecule has 7 heteroatoms. The number of benzene rings is 2. The number of nitrogens with zero attached hydrogens (tertiary/aromatic N) is 2. The van der Waals surface area contributed by atoms with Gasteiger partial charge in [0.05, 0.1) is 0 Å². The van der Waals surface area contributed by atoms with Crippen molar-refractivity contribution in [2.75, 3.05) is 0 Å². The summed E-state index contributed by atoms with van der Waals surface area (Å²) in [7, 11) is 16.9. The van der Waals surface area contributed by atoms with Gasteiger partial charge in [0.2, 0.25) is 0 Å². The van der Waals surface area contributed by atoms with Crippen molar-refractivity contribution in [2.45, 2.75) is 23.9 Å². The molecule has 0 spiro atoms. The average molecular weight is 590 g/mol. The van der Waals surface area contributed by atoms with E-state index in [9.17, 15) is 0 Å². The Bertz CT molecular complexity index is 1100. The molecular formula is C24H20Cl2N2S2Sn. The van der Waals surface area contributed by atoms with E-state index in [0.29, 0.717) is 0 Å². The standard InChI is InChI=1S/2C12H11NS.2ClH.Sn/c2*1-9-7-11(13-12(14)8-9)10-5-3-2-4-6-10;;;/h2*2-8H,1H3,(H,13,14);2*1H;/q;;;;+4/p-4. The van der Waals surface area contributed by atoms with Gasteiger partial charge in [0.25, 0.3) is 0 Å². The third-order valence-electron chi connectivity index (χ3n) is 4.48. The minimum atomic E-state index is -3.67. The van der Waals surface area contributed by atoms with Crippen LogP contribution in [-0.2, 0) is 0 Å². The third kappa shape index (κ3) is 6.42. The van der Waals surface area contributed by atoms with E-state index in [2.05, 4.69) is 50.2 Å². The van der Waals surface area contributed by atoms with Crippen LogP contribution in [0.5, 0.6) is 0 Å². The Morgan fingerprint density at radius 3 is 1.39 bits per heavy atom. The van der Waals surface area contributed by atoms with E-state index >= 15 is 0 Å². The second-order valence-electron chi connectivity index (χ2n) is 7.14. The van der Waals surface area contributed by atoms with E-state index in [4.69, 9.17) is 27.8 Å². The molecule has 0 unspecified atom stereocenters. The first-order valence-electron chi connectivity index (χ1n) is 9.72. The Hall–Kier alpha value is -1.18. The van der Waals surface area contributed by atoms with Crippen LogP contribution < -0.4 is 0 Å². The van der Waals surface area contributed by atoms with Gasteiger partial charge in [-0.15, -0.1) is 0 Å². The maximum atomic E-state index is 6.93. The summed E-state index contributed by atoms with van der Waals surface area (Å²) in [5.41, 5.74) is 6.30. The molecule has 0 aliphatic heterocycles. The molecule has 0 radical (unpaired) electrons. The molecule has 0 saturated carbocycles. The summed E-state index contributed by atoms with van der Waals surface area (Å²) >= 11 is -3.67. The fraction of sp³-hybridized carbons (Fsp3) is 0.0833. The molecule has 0 bridgehead atoms. The van der Waals surface area contributed by atoms with Crippen LogP contribution in [0.3, 0.4) is 0 Å². The van der Waals surface area contributed by atoms with Crippen molar-refractivity contribution in [3.63, 3.8) is 0 Å². The summed E-state index contributed by atoms with van der Waals surface area (Å²) < 4.78 is 0. The van der Waals surface area contributed by atoms with E-state index in [-0.39, 0.29) is 0 Å². The normalized spacial score (nSPS) is 11.5. The molecule has 2 nitrogen and oxygen atoms in total. The maximum absolute atomic E-state index is 6.93. The number of aromatic nitrogens is 2. The molecule has 2 aromatic heterocycles. The molecule has 0 N–H and O–H groups in total. The quantitative estimate of drug-likeness (QED) is 0.212. The topological polar surface area (TPSA) is 25.8 Å². The van der Waals surface area contributed by atoms with Crippen LogP contribution in [-0.4, -0.2) is 23.3 Å². The first-order valence-corrected chi connectivity index (χ1v) is 25.6. The average Bonchev–Trinajstić information content (AvgIpc) is 2.73. The predicted octanol–water partition coefficient (Wildman–Crippen LogP) is 8.23. The number of hydrogen-bond acceptors (Lipinski definition) is 4. The number of rotatable bonds is 6. The van der Waals surface area contributed by atoms with E-state index in [1.54, 1.807) is 0 Å². The number of aryl methyl sites for hydroxylation is 2. The Kier molecular flexibility index (Phi) is 7.55. The molecule has 0 atom stereocenters. The minimum absolute atomic E-state index is 0.864. The molecule has 156 valence electrons. The Morgan fingerprint density at radius 1 is 0.613 bits per heavy atom. The van der Waals surface area contributed by atoms with E-state index in [1.165, 1.54) is 17.9 Å². The van der Waals surface area contributed by atoms with Gasteiger partial charge in [-0.3, -0.25) is 0 Å². The van der Waals surface area contributed by atoms with Crippen LogP contribution in [0.15, 0.2) is 95.0 Å². The van der Waals surface area contributed by atoms with E-state index in [1.807, 2.05) is 48.5 Å². The van der Waals surface area contributed by atoms with Crippen molar-refractivity contribution in [1.82, 2.24) is 9.97 Å². The van der Waals surface area contributed by atoms with Crippen molar-refractivity contribution in [3.8, 4) is 22.5 Å². The molecule has 4 aromatic rings. The Labute approximate surface area is 200 Å². The second-order valence-corrected chi connectivity index (χ2v) is 39.4. The van der Waals surface area contributed by atoms with Gasteiger partial charge < -0.3 is 0 Å². The molecule has 2 aromatic carbocycles. The summed E-state index contributed by atoms with van der Waals surface area (Å²) in [5.74, 6) is 0. The van der Waals surface area contributed by atoms with Gasteiger partial charge in [0.15, 0.2) is 0 Å². The summed E-state index contributed by atoms with van der Waals surface area (Å²) in [6.07, 6.45) is 0. The van der Waals surface area contributed by atoms with E-state index < -0.39 is 13.4 Å². The van der Waals surface area contributed by atoms with Crippen LogP contribution in [0.25, 0.3) is 22.5 Å². The number of halogens is 2. The summed E-state index contributed by atoms with van der Waals surface area (Å²) in [6, 6.07) is 28.6. The van der Waals surface area contributed by atoms with Crippen molar-refractivity contribution in [2.24, 2.45) is 0 Å². The zero-order valence-corrected chi connectivity index (χ0v) is 23.0. The van der Waals surface area contributed by atoms with Crippen molar-refractivity contribution >= 4 is 49.1 Å². The van der Waals surface area contributed by atoms with Gasteiger partial charge in [0, 0.05) is 0 Å². The Balaban J connectivity index is 1.58. The molecular weight excluding hydrogens is 570 g/mol. The van der Waals surface area contributed by atoms with Gasteiger partial charge in [-0.05, 0) is 0 Å². The van der Waals surface area contributed by atoms with Crippen molar-refractivity contribution in [1.29, 1.82) is 0 Å². The fourth-order valence-electron chi connectivity index (χ4n) is 3.15. The molecule has 31 heavy (non-hydrogen) atoms. The van der Waals surface area contributed by atoms with Crippen LogP contribution in [0.4, 0.5) is 0 Å². The summed E-state index contributed by atoms with van der Waals surface area (Å²) in [5, 5.41) is 1.73. The monoisotopic (exact) mass is 590 g/mol. The van der Waals surface area contributed by atoms with Crippen molar-refractivity contribution < 1.29 is 0 Å². The number of hydrogen-bond donors (Lipinski definition) is 0. The predicted molar refractivity (Wildman–Crippen MR) is 138 cm³/mol. The Morgan fingerprint density at radius 2 is 1.00 bits per heavy atom. The zero-order valence-electron chi connectivity index (χ0n) is 17.0. The summed E-state index contributed by atoms with van der Waals surface area (Å²) in [4.78, 5) is 9.65. The van der Waals surface area contributed by atoms with Crippen molar-refractivity contribution in [3.05, 3.63) is 96.1 Å². The van der Waals surface area contributed by atoms with Gasteiger partial charge in [0.1, 0.15) is 0 Å². The first-order chi connectivity index (χ1) is 14.9. The fourth-order valence-corrected chi connectivity index (χ4v) is 21.4. The molecule has 0 saturated heterocycles. The first kappa shape index (κ1) is 23.0.